The molecule has 2 aromatic carbocycles. The van der Waals surface area contributed by atoms with Crippen LogP contribution in [0.1, 0.15) is 41.0 Å². The summed E-state index contributed by atoms with van der Waals surface area (Å²) in [5.41, 5.74) is 0.770. The van der Waals surface area contributed by atoms with Crippen LogP contribution in [0.15, 0.2) is 77.0 Å². The average molecular weight is 484 g/mol. The highest BCUT2D eigenvalue weighted by molar-refractivity contribution is 7.92. The molecule has 1 aliphatic heterocycles. The smallest absolute Gasteiger partial charge is 0.261 e. The number of likely N-dealkylation sites (tertiary alicyclic amines) is 1. The van der Waals surface area contributed by atoms with E-state index >= 15 is 0 Å². The number of nitrogens with one attached hydrogen (secondary N) is 2. The molecule has 6 nitrogen and oxygen atoms in total. The summed E-state index contributed by atoms with van der Waals surface area (Å²) in [5.74, 6) is 0.518. The van der Waals surface area contributed by atoms with Crippen molar-refractivity contribution in [2.45, 2.75) is 30.7 Å². The lowest BCUT2D eigenvalue weighted by molar-refractivity contribution is 0.0915. The Hall–Kier alpha value is -2.68. The Bertz CT molecular complexity index is 1160. The van der Waals surface area contributed by atoms with Crippen molar-refractivity contribution >= 4 is 33.0 Å². The lowest BCUT2D eigenvalue weighted by Crippen LogP contribution is -2.41. The Balaban J connectivity index is 1.43. The number of sulfonamides is 1. The van der Waals surface area contributed by atoms with Crippen LogP contribution in [0, 0.1) is 5.92 Å². The van der Waals surface area contributed by atoms with Crippen LogP contribution < -0.4 is 10.0 Å². The number of benzene rings is 2. The van der Waals surface area contributed by atoms with Crippen LogP contribution in [0.4, 0.5) is 5.69 Å². The zero-order valence-corrected chi connectivity index (χ0v) is 20.2. The fourth-order valence-corrected chi connectivity index (χ4v) is 5.99. The van der Waals surface area contributed by atoms with Crippen LogP contribution in [0.2, 0.25) is 0 Å². The molecule has 1 amide bonds. The Labute approximate surface area is 199 Å². The third-order valence-electron chi connectivity index (χ3n) is 6.02. The van der Waals surface area contributed by atoms with Crippen LogP contribution in [0.25, 0.3) is 0 Å². The van der Waals surface area contributed by atoms with Crippen molar-refractivity contribution in [1.29, 1.82) is 0 Å². The first kappa shape index (κ1) is 23.5. The number of hydrogen-bond acceptors (Lipinski definition) is 5. The van der Waals surface area contributed by atoms with Gasteiger partial charge in [-0.2, -0.15) is 0 Å². The number of carbonyl (C=O) groups is 1. The third kappa shape index (κ3) is 6.01. The lowest BCUT2D eigenvalue weighted by Gasteiger charge is -2.36. The van der Waals surface area contributed by atoms with Gasteiger partial charge in [0, 0.05) is 22.7 Å². The molecule has 1 fully saturated rings. The maximum Gasteiger partial charge on any atom is 0.261 e. The first-order valence-electron chi connectivity index (χ1n) is 11.2. The summed E-state index contributed by atoms with van der Waals surface area (Å²) in [4.78, 5) is 16.8. The summed E-state index contributed by atoms with van der Waals surface area (Å²) in [6.07, 6.45) is 2.33. The van der Waals surface area contributed by atoms with Gasteiger partial charge < -0.3 is 5.32 Å². The average Bonchev–Trinajstić information content (AvgIpc) is 3.35. The Morgan fingerprint density at radius 3 is 2.52 bits per heavy atom. The van der Waals surface area contributed by atoms with E-state index < -0.39 is 10.0 Å². The normalized spacial score (nSPS) is 16.3. The molecular weight excluding hydrogens is 454 g/mol. The number of hydrogen-bond donors (Lipinski definition) is 2. The Kier molecular flexibility index (Phi) is 7.47. The topological polar surface area (TPSA) is 78.5 Å². The van der Waals surface area contributed by atoms with Gasteiger partial charge in [0.05, 0.1) is 10.9 Å². The number of carbonyl (C=O) groups excluding carboxylic acids is 1. The van der Waals surface area contributed by atoms with Gasteiger partial charge in [-0.3, -0.25) is 14.4 Å². The van der Waals surface area contributed by atoms with Crippen LogP contribution in [0.3, 0.4) is 0 Å². The van der Waals surface area contributed by atoms with Gasteiger partial charge in [0.1, 0.15) is 0 Å². The van der Waals surface area contributed by atoms with Crippen molar-refractivity contribution in [3.8, 4) is 0 Å². The van der Waals surface area contributed by atoms with Crippen molar-refractivity contribution < 1.29 is 13.2 Å². The molecule has 1 unspecified atom stereocenters. The van der Waals surface area contributed by atoms with Gasteiger partial charge in [0.25, 0.3) is 15.9 Å². The van der Waals surface area contributed by atoms with Crippen LogP contribution in [-0.4, -0.2) is 38.9 Å². The lowest BCUT2D eigenvalue weighted by atomic mass is 9.97. The number of rotatable bonds is 8. The predicted octanol–water partition coefficient (Wildman–Crippen LogP) is 4.75. The monoisotopic (exact) mass is 483 g/mol. The van der Waals surface area contributed by atoms with E-state index in [1.165, 1.54) is 29.9 Å². The number of thiophene rings is 1. The van der Waals surface area contributed by atoms with Crippen molar-refractivity contribution in [3.63, 3.8) is 0 Å². The third-order valence-corrected chi connectivity index (χ3v) is 8.39. The minimum Gasteiger partial charge on any atom is -0.350 e. The maximum absolute atomic E-state index is 12.9. The summed E-state index contributed by atoms with van der Waals surface area (Å²) >= 11 is 1.71. The van der Waals surface area contributed by atoms with Gasteiger partial charge in [-0.1, -0.05) is 37.3 Å². The van der Waals surface area contributed by atoms with E-state index in [1.54, 1.807) is 53.8 Å². The van der Waals surface area contributed by atoms with Crippen molar-refractivity contribution in [2.75, 3.05) is 24.4 Å². The minimum absolute atomic E-state index is 0.140. The summed E-state index contributed by atoms with van der Waals surface area (Å²) in [7, 11) is -3.72. The number of amides is 1. The van der Waals surface area contributed by atoms with Gasteiger partial charge >= 0.3 is 0 Å². The van der Waals surface area contributed by atoms with E-state index in [2.05, 4.69) is 33.3 Å². The SMILES string of the molecule is CC1CCN(C(CNC(=O)c2cccc(NS(=O)(=O)c3ccccc3)c2)c2cccs2)CC1. The summed E-state index contributed by atoms with van der Waals surface area (Å²) < 4.78 is 27.8. The standard InChI is InChI=1S/C25H29N3O3S2/c1-19-12-14-28(15-13-19)23(24-11-6-16-32-24)18-26-25(29)20-7-5-8-21(17-20)27-33(30,31)22-9-3-2-4-10-22/h2-11,16-17,19,23,27H,12-15,18H2,1H3,(H,26,29). The second kappa shape index (κ2) is 10.5. The molecule has 8 heteroatoms. The zero-order chi connectivity index (χ0) is 23.3. The molecule has 33 heavy (non-hydrogen) atoms. The summed E-state index contributed by atoms with van der Waals surface area (Å²) in [6, 6.07) is 19.1. The molecule has 4 rings (SSSR count). The summed E-state index contributed by atoms with van der Waals surface area (Å²) in [6.45, 7) is 4.85. The molecular formula is C25H29N3O3S2. The van der Waals surface area contributed by atoms with E-state index in [-0.39, 0.29) is 16.8 Å². The van der Waals surface area contributed by atoms with E-state index in [0.29, 0.717) is 17.8 Å². The molecule has 2 heterocycles. The molecule has 1 atom stereocenters. The number of nitrogens with zero attached hydrogens (tertiary/aromatic N) is 1. The zero-order valence-electron chi connectivity index (χ0n) is 18.6. The highest BCUT2D eigenvalue weighted by atomic mass is 32.2. The van der Waals surface area contributed by atoms with Gasteiger partial charge in [-0.05, 0) is 73.6 Å². The highest BCUT2D eigenvalue weighted by Crippen LogP contribution is 2.29. The largest absolute Gasteiger partial charge is 0.350 e. The Morgan fingerprint density at radius 1 is 1.06 bits per heavy atom. The van der Waals surface area contributed by atoms with E-state index in [0.717, 1.165) is 19.0 Å². The molecule has 3 aromatic rings. The van der Waals surface area contributed by atoms with Gasteiger partial charge in [-0.25, -0.2) is 8.42 Å². The summed E-state index contributed by atoms with van der Waals surface area (Å²) in [5, 5.41) is 5.13. The molecule has 2 N–H and O–H groups in total. The minimum atomic E-state index is -3.72. The molecule has 1 aliphatic rings. The molecule has 0 radical (unpaired) electrons. The molecule has 0 aliphatic carbocycles. The Morgan fingerprint density at radius 2 is 1.82 bits per heavy atom. The number of anilines is 1. The molecule has 0 bridgehead atoms. The first-order valence-corrected chi connectivity index (χ1v) is 13.5. The van der Waals surface area contributed by atoms with Crippen molar-refractivity contribution in [1.82, 2.24) is 10.2 Å². The maximum atomic E-state index is 12.9. The fraction of sp³-hybridized carbons (Fsp3) is 0.320. The van der Waals surface area contributed by atoms with Crippen LogP contribution in [0.5, 0.6) is 0 Å². The second-order valence-corrected chi connectivity index (χ2v) is 11.1. The quantitative estimate of drug-likeness (QED) is 0.485. The van der Waals surface area contributed by atoms with E-state index in [9.17, 15) is 13.2 Å². The second-order valence-electron chi connectivity index (χ2n) is 8.46. The molecule has 0 spiro atoms. The molecule has 0 saturated carbocycles. The van der Waals surface area contributed by atoms with Gasteiger partial charge in [0.2, 0.25) is 0 Å². The predicted molar refractivity (Wildman–Crippen MR) is 133 cm³/mol. The van der Waals surface area contributed by atoms with Crippen molar-refractivity contribution in [2.24, 2.45) is 5.92 Å². The first-order chi connectivity index (χ1) is 15.9. The fourth-order valence-electron chi connectivity index (χ4n) is 4.06. The van der Waals surface area contributed by atoms with Crippen LogP contribution >= 0.6 is 11.3 Å². The number of piperidine rings is 1. The molecule has 174 valence electrons. The van der Waals surface area contributed by atoms with Gasteiger partial charge in [0.15, 0.2) is 0 Å². The van der Waals surface area contributed by atoms with E-state index in [1.807, 2.05) is 6.07 Å². The van der Waals surface area contributed by atoms with Crippen LogP contribution in [-0.2, 0) is 10.0 Å². The molecule has 1 aromatic heterocycles. The molecule has 1 saturated heterocycles. The van der Waals surface area contributed by atoms with Crippen molar-refractivity contribution in [3.05, 3.63) is 82.6 Å². The van der Waals surface area contributed by atoms with Gasteiger partial charge in [-0.15, -0.1) is 11.3 Å². The highest BCUT2D eigenvalue weighted by Gasteiger charge is 2.26. The van der Waals surface area contributed by atoms with E-state index in [4.69, 9.17) is 0 Å².